The van der Waals surface area contributed by atoms with Gasteiger partial charge < -0.3 is 20.3 Å². The van der Waals surface area contributed by atoms with E-state index >= 15 is 0 Å². The van der Waals surface area contributed by atoms with Gasteiger partial charge in [0.15, 0.2) is 0 Å². The molecule has 0 atom stereocenters. The van der Waals surface area contributed by atoms with Crippen molar-refractivity contribution in [1.29, 1.82) is 0 Å². The third-order valence-electron chi connectivity index (χ3n) is 3.38. The molecule has 5 nitrogen and oxygen atoms in total. The molecule has 2 rings (SSSR count). The maximum Gasteiger partial charge on any atom is 0.318 e. The van der Waals surface area contributed by atoms with Gasteiger partial charge in [0.25, 0.3) is 0 Å². The molecule has 0 spiro atoms. The van der Waals surface area contributed by atoms with E-state index in [0.29, 0.717) is 12.1 Å². The molecule has 2 amide bonds. The van der Waals surface area contributed by atoms with Crippen LogP contribution in [0.3, 0.4) is 0 Å². The van der Waals surface area contributed by atoms with E-state index in [1.807, 2.05) is 18.7 Å². The molecule has 0 aliphatic carbocycles. The van der Waals surface area contributed by atoms with Crippen LogP contribution in [0.5, 0.6) is 0 Å². The molecule has 0 saturated carbocycles. The minimum Gasteiger partial charge on any atom is -0.381 e. The van der Waals surface area contributed by atoms with Crippen molar-refractivity contribution in [3.8, 4) is 0 Å². The molecule has 0 bridgehead atoms. The molecule has 2 fully saturated rings. The summed E-state index contributed by atoms with van der Waals surface area (Å²) in [6, 6.07) is 0.975. The normalized spacial score (nSPS) is 22.3. The summed E-state index contributed by atoms with van der Waals surface area (Å²) in [5, 5.41) is 6.24. The van der Waals surface area contributed by atoms with Crippen molar-refractivity contribution >= 4 is 6.03 Å². The molecule has 2 heterocycles. The highest BCUT2D eigenvalue weighted by molar-refractivity contribution is 5.75. The van der Waals surface area contributed by atoms with Gasteiger partial charge in [0, 0.05) is 38.4 Å². The number of nitrogens with one attached hydrogen (secondary N) is 2. The van der Waals surface area contributed by atoms with Gasteiger partial charge in [-0.1, -0.05) is 0 Å². The lowest BCUT2D eigenvalue weighted by Crippen LogP contribution is -2.64. The van der Waals surface area contributed by atoms with Gasteiger partial charge in [-0.15, -0.1) is 0 Å². The van der Waals surface area contributed by atoms with E-state index in [2.05, 4.69) is 10.6 Å². The molecule has 0 aromatic rings. The fourth-order valence-electron chi connectivity index (χ4n) is 2.38. The number of hydrogen-bond acceptors (Lipinski definition) is 3. The first-order valence-corrected chi connectivity index (χ1v) is 6.55. The standard InChI is InChI=1S/C12H23N3O2/c1-9(2)14-12(16)15(11-7-13-8-11)10-3-5-17-6-4-10/h9-11,13H,3-8H2,1-2H3,(H,14,16). The van der Waals surface area contributed by atoms with Gasteiger partial charge in [0.2, 0.25) is 0 Å². The van der Waals surface area contributed by atoms with E-state index in [0.717, 1.165) is 39.1 Å². The molecule has 0 aromatic carbocycles. The van der Waals surface area contributed by atoms with Crippen LogP contribution >= 0.6 is 0 Å². The zero-order chi connectivity index (χ0) is 12.3. The first-order chi connectivity index (χ1) is 8.18. The second-order valence-electron chi connectivity index (χ2n) is 5.17. The molecule has 2 aliphatic heterocycles. The summed E-state index contributed by atoms with van der Waals surface area (Å²) >= 11 is 0. The number of carbonyl (C=O) groups is 1. The lowest BCUT2D eigenvalue weighted by molar-refractivity contribution is 0.0244. The van der Waals surface area contributed by atoms with E-state index < -0.39 is 0 Å². The third kappa shape index (κ3) is 3.10. The van der Waals surface area contributed by atoms with E-state index in [1.54, 1.807) is 0 Å². The van der Waals surface area contributed by atoms with E-state index in [-0.39, 0.29) is 12.1 Å². The number of amides is 2. The lowest BCUT2D eigenvalue weighted by Gasteiger charge is -2.44. The largest absolute Gasteiger partial charge is 0.381 e. The number of ether oxygens (including phenoxy) is 1. The van der Waals surface area contributed by atoms with E-state index in [1.165, 1.54) is 0 Å². The zero-order valence-corrected chi connectivity index (χ0v) is 10.7. The summed E-state index contributed by atoms with van der Waals surface area (Å²) < 4.78 is 5.37. The Morgan fingerprint density at radius 2 is 1.94 bits per heavy atom. The van der Waals surface area contributed by atoms with Gasteiger partial charge in [0.05, 0.1) is 6.04 Å². The van der Waals surface area contributed by atoms with Crippen molar-refractivity contribution in [2.24, 2.45) is 0 Å². The molecule has 0 radical (unpaired) electrons. The van der Waals surface area contributed by atoms with Crippen LogP contribution in [0.25, 0.3) is 0 Å². The minimum absolute atomic E-state index is 0.0819. The van der Waals surface area contributed by atoms with Crippen LogP contribution in [0.4, 0.5) is 4.79 Å². The maximum atomic E-state index is 12.2. The number of urea groups is 1. The fraction of sp³-hybridized carbons (Fsp3) is 0.917. The Morgan fingerprint density at radius 3 is 2.41 bits per heavy atom. The Bertz CT molecular complexity index is 260. The summed E-state index contributed by atoms with van der Waals surface area (Å²) in [7, 11) is 0. The van der Waals surface area contributed by atoms with Crippen LogP contribution in [0.15, 0.2) is 0 Å². The highest BCUT2D eigenvalue weighted by Gasteiger charge is 2.35. The molecule has 2 N–H and O–H groups in total. The van der Waals surface area contributed by atoms with Crippen molar-refractivity contribution in [1.82, 2.24) is 15.5 Å². The molecule has 0 aromatic heterocycles. The van der Waals surface area contributed by atoms with Gasteiger partial charge >= 0.3 is 6.03 Å². The maximum absolute atomic E-state index is 12.2. The number of hydrogen-bond donors (Lipinski definition) is 2. The summed E-state index contributed by atoms with van der Waals surface area (Å²) in [5.74, 6) is 0. The Kier molecular flexibility index (Phi) is 4.23. The second-order valence-corrected chi connectivity index (χ2v) is 5.17. The predicted octanol–water partition coefficient (Wildman–Crippen LogP) is 0.557. The van der Waals surface area contributed by atoms with Gasteiger partial charge in [-0.3, -0.25) is 0 Å². The van der Waals surface area contributed by atoms with Crippen molar-refractivity contribution in [2.75, 3.05) is 26.3 Å². The molecule has 98 valence electrons. The highest BCUT2D eigenvalue weighted by atomic mass is 16.5. The number of nitrogens with zero attached hydrogens (tertiary/aromatic N) is 1. The molecule has 5 heteroatoms. The van der Waals surface area contributed by atoms with E-state index in [9.17, 15) is 4.79 Å². The first-order valence-electron chi connectivity index (χ1n) is 6.55. The summed E-state index contributed by atoms with van der Waals surface area (Å²) in [6.45, 7) is 7.39. The lowest BCUT2D eigenvalue weighted by atomic mass is 10.0. The van der Waals surface area contributed by atoms with Crippen molar-refractivity contribution in [3.05, 3.63) is 0 Å². The molecule has 2 saturated heterocycles. The van der Waals surface area contributed by atoms with Crippen molar-refractivity contribution in [2.45, 2.75) is 44.8 Å². The minimum atomic E-state index is 0.0819. The Hall–Kier alpha value is -0.810. The zero-order valence-electron chi connectivity index (χ0n) is 10.7. The molecule has 17 heavy (non-hydrogen) atoms. The van der Waals surface area contributed by atoms with Crippen LogP contribution < -0.4 is 10.6 Å². The van der Waals surface area contributed by atoms with Gasteiger partial charge in [-0.25, -0.2) is 4.79 Å². The smallest absolute Gasteiger partial charge is 0.318 e. The summed E-state index contributed by atoms with van der Waals surface area (Å²) in [5.41, 5.74) is 0. The van der Waals surface area contributed by atoms with Crippen molar-refractivity contribution < 1.29 is 9.53 Å². The Balaban J connectivity index is 1.98. The van der Waals surface area contributed by atoms with Crippen LogP contribution in [-0.2, 0) is 4.74 Å². The average molecular weight is 241 g/mol. The fourth-order valence-corrected chi connectivity index (χ4v) is 2.38. The first kappa shape index (κ1) is 12.6. The predicted molar refractivity (Wildman–Crippen MR) is 66.0 cm³/mol. The SMILES string of the molecule is CC(C)NC(=O)N(C1CCOCC1)C1CNC1. The second kappa shape index (κ2) is 5.69. The van der Waals surface area contributed by atoms with Gasteiger partial charge in [0.1, 0.15) is 0 Å². The van der Waals surface area contributed by atoms with Gasteiger partial charge in [-0.05, 0) is 26.7 Å². The van der Waals surface area contributed by atoms with Crippen LogP contribution in [-0.4, -0.2) is 55.4 Å². The Labute approximate surface area is 103 Å². The monoisotopic (exact) mass is 241 g/mol. The molecule has 2 aliphatic rings. The number of rotatable bonds is 3. The quantitative estimate of drug-likeness (QED) is 0.759. The van der Waals surface area contributed by atoms with Crippen LogP contribution in [0.2, 0.25) is 0 Å². The molecule has 0 unspecified atom stereocenters. The van der Waals surface area contributed by atoms with Crippen molar-refractivity contribution in [3.63, 3.8) is 0 Å². The topological polar surface area (TPSA) is 53.6 Å². The molecular weight excluding hydrogens is 218 g/mol. The van der Waals surface area contributed by atoms with Crippen LogP contribution in [0, 0.1) is 0 Å². The molecular formula is C12H23N3O2. The van der Waals surface area contributed by atoms with Gasteiger partial charge in [-0.2, -0.15) is 0 Å². The highest BCUT2D eigenvalue weighted by Crippen LogP contribution is 2.19. The summed E-state index contributed by atoms with van der Waals surface area (Å²) in [4.78, 5) is 14.3. The van der Waals surface area contributed by atoms with Crippen LogP contribution in [0.1, 0.15) is 26.7 Å². The number of carbonyl (C=O) groups excluding carboxylic acids is 1. The van der Waals surface area contributed by atoms with E-state index in [4.69, 9.17) is 4.74 Å². The Morgan fingerprint density at radius 1 is 1.29 bits per heavy atom. The third-order valence-corrected chi connectivity index (χ3v) is 3.38. The average Bonchev–Trinajstić information content (AvgIpc) is 2.23. The summed E-state index contributed by atoms with van der Waals surface area (Å²) in [6.07, 6.45) is 1.92.